The van der Waals surface area contributed by atoms with Crippen molar-refractivity contribution in [1.29, 1.82) is 0 Å². The predicted octanol–water partition coefficient (Wildman–Crippen LogP) is 14.1. The molecule has 0 nitrogen and oxygen atoms in total. The molecule has 0 aliphatic heterocycles. The van der Waals surface area contributed by atoms with Crippen LogP contribution in [0.15, 0.2) is 194 Å². The normalized spacial score (nSPS) is 11.6. The van der Waals surface area contributed by atoms with E-state index in [2.05, 4.69) is 194 Å². The van der Waals surface area contributed by atoms with Crippen molar-refractivity contribution in [1.82, 2.24) is 0 Å². The molecule has 0 aliphatic rings. The average Bonchev–Trinajstić information content (AvgIpc) is 3.19. The molecule has 0 heterocycles. The van der Waals surface area contributed by atoms with Crippen LogP contribution in [-0.2, 0) is 0 Å². The van der Waals surface area contributed by atoms with Crippen LogP contribution in [0.3, 0.4) is 0 Å². The molecule has 10 aromatic rings. The number of rotatable bonds is 4. The second-order valence-corrected chi connectivity index (χ2v) is 13.3. The number of hydrogen-bond acceptors (Lipinski definition) is 0. The summed E-state index contributed by atoms with van der Waals surface area (Å²) in [4.78, 5) is 0. The van der Waals surface area contributed by atoms with Crippen molar-refractivity contribution in [3.05, 3.63) is 194 Å². The van der Waals surface area contributed by atoms with E-state index in [0.29, 0.717) is 0 Å². The van der Waals surface area contributed by atoms with Gasteiger partial charge < -0.3 is 0 Å². The van der Waals surface area contributed by atoms with Gasteiger partial charge in [-0.25, -0.2) is 0 Å². The zero-order valence-electron chi connectivity index (χ0n) is 27.5. The Morgan fingerprint density at radius 1 is 0.180 bits per heavy atom. The fourth-order valence-electron chi connectivity index (χ4n) is 7.89. The lowest BCUT2D eigenvalue weighted by atomic mass is 9.84. The molecule has 50 heavy (non-hydrogen) atoms. The first-order valence-electron chi connectivity index (χ1n) is 17.3. The third kappa shape index (κ3) is 4.77. The molecular formula is C50H32. The molecular weight excluding hydrogens is 601 g/mol. The van der Waals surface area contributed by atoms with Crippen LogP contribution in [0.25, 0.3) is 98.4 Å². The number of hydrogen-bond donors (Lipinski definition) is 0. The minimum atomic E-state index is 1.22. The Morgan fingerprint density at radius 2 is 0.520 bits per heavy atom. The van der Waals surface area contributed by atoms with E-state index < -0.39 is 0 Å². The molecule has 0 unspecified atom stereocenters. The topological polar surface area (TPSA) is 0 Å². The molecule has 10 aromatic carbocycles. The summed E-state index contributed by atoms with van der Waals surface area (Å²) in [6, 6.07) is 71.5. The Labute approximate surface area is 291 Å². The van der Waals surface area contributed by atoms with Crippen LogP contribution in [0.2, 0.25) is 0 Å². The van der Waals surface area contributed by atoms with Gasteiger partial charge in [-0.2, -0.15) is 0 Å². The van der Waals surface area contributed by atoms with Crippen molar-refractivity contribution in [3.8, 4) is 44.5 Å². The van der Waals surface area contributed by atoms with Gasteiger partial charge in [-0.15, -0.1) is 0 Å². The maximum Gasteiger partial charge on any atom is -0.00261 e. The molecule has 10 rings (SSSR count). The molecule has 0 N–H and O–H groups in total. The van der Waals surface area contributed by atoms with Gasteiger partial charge in [0.15, 0.2) is 0 Å². The predicted molar refractivity (Wildman–Crippen MR) is 216 cm³/mol. The van der Waals surface area contributed by atoms with E-state index in [1.54, 1.807) is 0 Å². The molecule has 0 radical (unpaired) electrons. The second kappa shape index (κ2) is 11.6. The SMILES string of the molecule is c1ccc2cc(-c3ccc(-c4c5ccccc5c(-c5ccc6ccccc6c5)c5ccc(-c6ccc7ccccc7c6)cc45)cc3)ccc2c1. The fourth-order valence-corrected chi connectivity index (χ4v) is 7.89. The highest BCUT2D eigenvalue weighted by Crippen LogP contribution is 2.45. The van der Waals surface area contributed by atoms with E-state index in [-0.39, 0.29) is 0 Å². The van der Waals surface area contributed by atoms with Gasteiger partial charge in [-0.1, -0.05) is 170 Å². The maximum atomic E-state index is 2.42. The highest BCUT2D eigenvalue weighted by atomic mass is 14.2. The van der Waals surface area contributed by atoms with Crippen LogP contribution in [0, 0.1) is 0 Å². The highest BCUT2D eigenvalue weighted by Gasteiger charge is 2.18. The molecule has 0 heteroatoms. The summed E-state index contributed by atoms with van der Waals surface area (Å²) in [5, 5.41) is 12.6. The van der Waals surface area contributed by atoms with Gasteiger partial charge in [0, 0.05) is 0 Å². The molecule has 0 saturated heterocycles. The van der Waals surface area contributed by atoms with Crippen molar-refractivity contribution in [2.24, 2.45) is 0 Å². The molecule has 0 fully saturated rings. The molecule has 0 aliphatic carbocycles. The molecule has 232 valence electrons. The molecule has 0 aromatic heterocycles. The minimum absolute atomic E-state index is 1.22. The quantitative estimate of drug-likeness (QED) is 0.169. The molecule has 0 bridgehead atoms. The Bertz CT molecular complexity index is 2910. The van der Waals surface area contributed by atoms with Crippen molar-refractivity contribution in [2.75, 3.05) is 0 Å². The van der Waals surface area contributed by atoms with E-state index in [0.717, 1.165) is 0 Å². The molecule has 0 spiro atoms. The van der Waals surface area contributed by atoms with Gasteiger partial charge in [0.2, 0.25) is 0 Å². The van der Waals surface area contributed by atoms with Crippen molar-refractivity contribution >= 4 is 53.9 Å². The lowest BCUT2D eigenvalue weighted by molar-refractivity contribution is 1.62. The largest absolute Gasteiger partial charge is 0.0616 e. The van der Waals surface area contributed by atoms with Gasteiger partial charge >= 0.3 is 0 Å². The van der Waals surface area contributed by atoms with Crippen LogP contribution < -0.4 is 0 Å². The Kier molecular flexibility index (Phi) is 6.60. The van der Waals surface area contributed by atoms with Crippen LogP contribution in [-0.4, -0.2) is 0 Å². The zero-order valence-corrected chi connectivity index (χ0v) is 27.5. The minimum Gasteiger partial charge on any atom is -0.0616 e. The first-order valence-corrected chi connectivity index (χ1v) is 17.3. The number of benzene rings is 10. The number of fused-ring (bicyclic) bond motifs is 5. The second-order valence-electron chi connectivity index (χ2n) is 13.3. The van der Waals surface area contributed by atoms with Gasteiger partial charge in [-0.05, 0) is 123 Å². The maximum absolute atomic E-state index is 2.42. The van der Waals surface area contributed by atoms with Crippen LogP contribution in [0.1, 0.15) is 0 Å². The molecule has 0 amide bonds. The van der Waals surface area contributed by atoms with Gasteiger partial charge in [0.25, 0.3) is 0 Å². The van der Waals surface area contributed by atoms with E-state index >= 15 is 0 Å². The first-order chi connectivity index (χ1) is 24.8. The molecule has 0 saturated carbocycles. The third-order valence-electron chi connectivity index (χ3n) is 10.4. The lowest BCUT2D eigenvalue weighted by Crippen LogP contribution is -1.92. The zero-order chi connectivity index (χ0) is 33.0. The smallest absolute Gasteiger partial charge is 0.00261 e. The highest BCUT2D eigenvalue weighted by molar-refractivity contribution is 6.22. The summed E-state index contributed by atoms with van der Waals surface area (Å²) < 4.78 is 0. The van der Waals surface area contributed by atoms with Gasteiger partial charge in [0.05, 0.1) is 0 Å². The molecule has 0 atom stereocenters. The fraction of sp³-hybridized carbons (Fsp3) is 0. The standard InChI is InChI=1S/C50H32/c1-4-12-38-29-41(24-19-33(38)9-1)36-17-22-37(23-18-36)49-45-15-7-8-16-46(45)50(44-26-21-35-11-3-6-14-40(35)31-44)47-28-27-43(32-48(47)49)42-25-20-34-10-2-5-13-39(34)30-42/h1-32H. The van der Waals surface area contributed by atoms with Crippen LogP contribution in [0.5, 0.6) is 0 Å². The van der Waals surface area contributed by atoms with Crippen LogP contribution >= 0.6 is 0 Å². The summed E-state index contributed by atoms with van der Waals surface area (Å²) in [7, 11) is 0. The monoisotopic (exact) mass is 632 g/mol. The van der Waals surface area contributed by atoms with Crippen molar-refractivity contribution in [2.45, 2.75) is 0 Å². The lowest BCUT2D eigenvalue weighted by Gasteiger charge is -2.19. The Hall–Kier alpha value is -6.50. The average molecular weight is 633 g/mol. The summed E-state index contributed by atoms with van der Waals surface area (Å²) in [6.07, 6.45) is 0. The van der Waals surface area contributed by atoms with Crippen LogP contribution in [0.4, 0.5) is 0 Å². The summed E-state index contributed by atoms with van der Waals surface area (Å²) >= 11 is 0. The van der Waals surface area contributed by atoms with Crippen molar-refractivity contribution < 1.29 is 0 Å². The first kappa shape index (κ1) is 28.5. The van der Waals surface area contributed by atoms with E-state index in [9.17, 15) is 0 Å². The third-order valence-corrected chi connectivity index (χ3v) is 10.4. The van der Waals surface area contributed by atoms with Gasteiger partial charge in [-0.3, -0.25) is 0 Å². The Balaban J connectivity index is 1.22. The summed E-state index contributed by atoms with van der Waals surface area (Å²) in [5.74, 6) is 0. The van der Waals surface area contributed by atoms with Crippen molar-refractivity contribution in [3.63, 3.8) is 0 Å². The summed E-state index contributed by atoms with van der Waals surface area (Å²) in [6.45, 7) is 0. The van der Waals surface area contributed by atoms with Gasteiger partial charge in [0.1, 0.15) is 0 Å². The van der Waals surface area contributed by atoms with E-state index in [1.807, 2.05) is 0 Å². The summed E-state index contributed by atoms with van der Waals surface area (Å²) in [5.41, 5.74) is 9.91. The van der Waals surface area contributed by atoms with E-state index in [1.165, 1.54) is 98.4 Å². The Morgan fingerprint density at radius 3 is 1.08 bits per heavy atom. The van der Waals surface area contributed by atoms with E-state index in [4.69, 9.17) is 0 Å².